The van der Waals surface area contributed by atoms with Gasteiger partial charge in [-0.25, -0.2) is 0 Å². The van der Waals surface area contributed by atoms with Crippen LogP contribution in [0.5, 0.6) is 0 Å². The average Bonchev–Trinajstić information content (AvgIpc) is 2.68. The number of nitrogens with zero attached hydrogens (tertiary/aromatic N) is 2. The van der Waals surface area contributed by atoms with Crippen molar-refractivity contribution in [2.75, 3.05) is 5.32 Å². The van der Waals surface area contributed by atoms with Crippen LogP contribution in [0.2, 0.25) is 5.15 Å². The Labute approximate surface area is 102 Å². The highest BCUT2D eigenvalue weighted by Gasteiger charge is 2.10. The SMILES string of the molecule is N#Cc1c(Cl)nsc1NCc1ccccc1. The molecule has 3 nitrogen and oxygen atoms in total. The molecule has 0 bridgehead atoms. The van der Waals surface area contributed by atoms with Crippen LogP contribution in [0.3, 0.4) is 0 Å². The first-order valence-electron chi connectivity index (χ1n) is 4.64. The Balaban J connectivity index is 2.09. The highest BCUT2D eigenvalue weighted by atomic mass is 35.5. The van der Waals surface area contributed by atoms with Crippen LogP contribution in [0.25, 0.3) is 0 Å². The number of anilines is 1. The highest BCUT2D eigenvalue weighted by molar-refractivity contribution is 7.10. The Morgan fingerprint density at radius 2 is 2.12 bits per heavy atom. The van der Waals surface area contributed by atoms with Gasteiger partial charge in [0.1, 0.15) is 16.6 Å². The van der Waals surface area contributed by atoms with Crippen LogP contribution in [0, 0.1) is 11.3 Å². The van der Waals surface area contributed by atoms with Gasteiger partial charge in [0, 0.05) is 6.54 Å². The molecule has 2 aromatic rings. The Morgan fingerprint density at radius 1 is 1.38 bits per heavy atom. The van der Waals surface area contributed by atoms with Crippen molar-refractivity contribution in [3.8, 4) is 6.07 Å². The third-order valence-electron chi connectivity index (χ3n) is 2.06. The summed E-state index contributed by atoms with van der Waals surface area (Å²) in [5.74, 6) is 0. The molecule has 1 N–H and O–H groups in total. The van der Waals surface area contributed by atoms with Gasteiger partial charge in [-0.2, -0.15) is 9.64 Å². The molecule has 0 fully saturated rings. The Morgan fingerprint density at radius 3 is 2.81 bits per heavy atom. The smallest absolute Gasteiger partial charge is 0.162 e. The van der Waals surface area contributed by atoms with Crippen molar-refractivity contribution in [3.63, 3.8) is 0 Å². The lowest BCUT2D eigenvalue weighted by atomic mass is 10.2. The van der Waals surface area contributed by atoms with E-state index in [9.17, 15) is 0 Å². The normalized spacial score (nSPS) is 9.75. The van der Waals surface area contributed by atoms with E-state index in [1.54, 1.807) is 0 Å². The largest absolute Gasteiger partial charge is 0.370 e. The minimum absolute atomic E-state index is 0.267. The number of hydrogen-bond donors (Lipinski definition) is 1. The molecule has 1 aromatic carbocycles. The van der Waals surface area contributed by atoms with Crippen molar-refractivity contribution in [1.29, 1.82) is 5.26 Å². The summed E-state index contributed by atoms with van der Waals surface area (Å²) < 4.78 is 3.92. The first-order chi connectivity index (χ1) is 7.81. The lowest BCUT2D eigenvalue weighted by molar-refractivity contribution is 1.16. The van der Waals surface area contributed by atoms with E-state index in [0.717, 1.165) is 10.6 Å². The molecule has 80 valence electrons. The second kappa shape index (κ2) is 4.97. The van der Waals surface area contributed by atoms with Gasteiger partial charge in [0.25, 0.3) is 0 Å². The van der Waals surface area contributed by atoms with Crippen LogP contribution in [0.4, 0.5) is 5.00 Å². The van der Waals surface area contributed by atoms with Gasteiger partial charge in [0.2, 0.25) is 0 Å². The van der Waals surface area contributed by atoms with Gasteiger partial charge >= 0.3 is 0 Å². The molecule has 0 aliphatic carbocycles. The molecular formula is C11H8ClN3S. The van der Waals surface area contributed by atoms with E-state index in [2.05, 4.69) is 9.69 Å². The molecule has 0 amide bonds. The lowest BCUT2D eigenvalue weighted by Gasteiger charge is -2.03. The number of nitrogens with one attached hydrogen (secondary N) is 1. The highest BCUT2D eigenvalue weighted by Crippen LogP contribution is 2.27. The molecule has 16 heavy (non-hydrogen) atoms. The first-order valence-corrected chi connectivity index (χ1v) is 5.79. The van der Waals surface area contributed by atoms with Crippen molar-refractivity contribution in [3.05, 3.63) is 46.6 Å². The van der Waals surface area contributed by atoms with E-state index < -0.39 is 0 Å². The molecule has 0 saturated carbocycles. The van der Waals surface area contributed by atoms with Crippen LogP contribution >= 0.6 is 23.1 Å². The van der Waals surface area contributed by atoms with E-state index in [0.29, 0.717) is 12.1 Å². The van der Waals surface area contributed by atoms with Gasteiger partial charge in [-0.3, -0.25) is 0 Å². The summed E-state index contributed by atoms with van der Waals surface area (Å²) in [6, 6.07) is 12.0. The average molecular weight is 250 g/mol. The standard InChI is InChI=1S/C11H8ClN3S/c12-10-9(6-13)11(16-15-10)14-7-8-4-2-1-3-5-8/h1-5,14H,7H2. The van der Waals surface area contributed by atoms with Gasteiger partial charge in [-0.1, -0.05) is 41.9 Å². The Bertz CT molecular complexity index is 516. The summed E-state index contributed by atoms with van der Waals surface area (Å²) in [7, 11) is 0. The third kappa shape index (κ3) is 2.32. The van der Waals surface area contributed by atoms with E-state index in [1.807, 2.05) is 36.4 Å². The fraction of sp³-hybridized carbons (Fsp3) is 0.0909. The van der Waals surface area contributed by atoms with E-state index in [4.69, 9.17) is 16.9 Å². The summed E-state index contributed by atoms with van der Waals surface area (Å²) in [4.78, 5) is 0. The Kier molecular flexibility index (Phi) is 3.40. The minimum Gasteiger partial charge on any atom is -0.370 e. The van der Waals surface area contributed by atoms with E-state index in [-0.39, 0.29) is 5.15 Å². The van der Waals surface area contributed by atoms with Crippen molar-refractivity contribution in [2.45, 2.75) is 6.54 Å². The minimum atomic E-state index is 0.267. The van der Waals surface area contributed by atoms with E-state index >= 15 is 0 Å². The molecule has 2 rings (SSSR count). The van der Waals surface area contributed by atoms with Crippen molar-refractivity contribution in [2.24, 2.45) is 0 Å². The number of nitriles is 1. The van der Waals surface area contributed by atoms with Crippen molar-refractivity contribution in [1.82, 2.24) is 4.37 Å². The van der Waals surface area contributed by atoms with Gasteiger partial charge in [0.05, 0.1) is 0 Å². The molecule has 1 heterocycles. The second-order valence-electron chi connectivity index (χ2n) is 3.13. The summed E-state index contributed by atoms with van der Waals surface area (Å²) in [5.41, 5.74) is 1.57. The molecule has 0 spiro atoms. The molecule has 5 heteroatoms. The molecule has 0 unspecified atom stereocenters. The molecule has 0 radical (unpaired) electrons. The number of benzene rings is 1. The Hall–Kier alpha value is -1.57. The van der Waals surface area contributed by atoms with Crippen LogP contribution in [-0.4, -0.2) is 4.37 Å². The first kappa shape index (κ1) is 10.9. The maximum atomic E-state index is 8.88. The van der Waals surface area contributed by atoms with Crippen LogP contribution in [0.15, 0.2) is 30.3 Å². The predicted molar refractivity (Wildman–Crippen MR) is 65.6 cm³/mol. The van der Waals surface area contributed by atoms with Crippen LogP contribution < -0.4 is 5.32 Å². The van der Waals surface area contributed by atoms with Crippen molar-refractivity contribution < 1.29 is 0 Å². The van der Waals surface area contributed by atoms with Gasteiger partial charge in [-0.15, -0.1) is 0 Å². The maximum absolute atomic E-state index is 8.88. The van der Waals surface area contributed by atoms with Gasteiger partial charge in [-0.05, 0) is 17.1 Å². The number of hydrogen-bond acceptors (Lipinski definition) is 4. The molecule has 0 saturated heterocycles. The van der Waals surface area contributed by atoms with Gasteiger partial charge in [0.15, 0.2) is 5.15 Å². The predicted octanol–water partition coefficient (Wildman–Crippen LogP) is 3.28. The maximum Gasteiger partial charge on any atom is 0.162 e. The zero-order valence-electron chi connectivity index (χ0n) is 8.27. The molecule has 0 aliphatic rings. The van der Waals surface area contributed by atoms with Crippen LogP contribution in [-0.2, 0) is 6.54 Å². The van der Waals surface area contributed by atoms with E-state index in [1.165, 1.54) is 11.5 Å². The zero-order valence-corrected chi connectivity index (χ0v) is 9.85. The zero-order chi connectivity index (χ0) is 11.4. The monoisotopic (exact) mass is 249 g/mol. The van der Waals surface area contributed by atoms with Crippen molar-refractivity contribution >= 4 is 28.1 Å². The number of halogens is 1. The quantitative estimate of drug-likeness (QED) is 0.908. The lowest BCUT2D eigenvalue weighted by Crippen LogP contribution is -1.98. The molecular weight excluding hydrogens is 242 g/mol. The summed E-state index contributed by atoms with van der Waals surface area (Å²) in [5, 5.41) is 13.0. The fourth-order valence-electron chi connectivity index (χ4n) is 1.27. The summed E-state index contributed by atoms with van der Waals surface area (Å²) >= 11 is 6.97. The molecule has 0 aliphatic heterocycles. The fourth-order valence-corrected chi connectivity index (χ4v) is 2.20. The van der Waals surface area contributed by atoms with Gasteiger partial charge < -0.3 is 5.32 Å². The summed E-state index contributed by atoms with van der Waals surface area (Å²) in [6.07, 6.45) is 0. The molecule has 0 atom stereocenters. The number of aromatic nitrogens is 1. The second-order valence-corrected chi connectivity index (χ2v) is 4.26. The number of rotatable bonds is 3. The van der Waals surface area contributed by atoms with Crippen LogP contribution in [0.1, 0.15) is 11.1 Å². The topological polar surface area (TPSA) is 48.7 Å². The third-order valence-corrected chi connectivity index (χ3v) is 3.24. The molecule has 1 aromatic heterocycles. The summed E-state index contributed by atoms with van der Waals surface area (Å²) in [6.45, 7) is 0.661.